The summed E-state index contributed by atoms with van der Waals surface area (Å²) in [6.07, 6.45) is 3.05. The molecule has 0 spiro atoms. The molecule has 2 rings (SSSR count). The summed E-state index contributed by atoms with van der Waals surface area (Å²) in [5.41, 5.74) is 0.627. The fourth-order valence-electron chi connectivity index (χ4n) is 2.90. The molecule has 1 heterocycles. The molecule has 1 aromatic rings. The van der Waals surface area contributed by atoms with Crippen LogP contribution in [0.25, 0.3) is 0 Å². The molecule has 0 saturated carbocycles. The van der Waals surface area contributed by atoms with E-state index in [9.17, 15) is 14.7 Å². The third kappa shape index (κ3) is 4.16. The van der Waals surface area contributed by atoms with Crippen LogP contribution in [0.15, 0.2) is 41.7 Å². The maximum Gasteiger partial charge on any atom is 0.352 e. The van der Waals surface area contributed by atoms with Crippen LogP contribution in [0.2, 0.25) is 0 Å². The predicted molar refractivity (Wildman–Crippen MR) is 89.1 cm³/mol. The van der Waals surface area contributed by atoms with Crippen molar-refractivity contribution in [3.05, 3.63) is 47.2 Å². The minimum atomic E-state index is -1.19. The van der Waals surface area contributed by atoms with E-state index in [0.29, 0.717) is 19.3 Å². The largest absolute Gasteiger partial charge is 0.511 e. The zero-order chi connectivity index (χ0) is 17.6. The molecule has 1 N–H and O–H groups in total. The van der Waals surface area contributed by atoms with Gasteiger partial charge in [-0.25, -0.2) is 9.59 Å². The van der Waals surface area contributed by atoms with Crippen LogP contribution in [0.5, 0.6) is 0 Å². The number of allylic oxidation sites excluding steroid dienone is 1. The summed E-state index contributed by atoms with van der Waals surface area (Å²) in [5.74, 6) is -3.06. The van der Waals surface area contributed by atoms with Crippen molar-refractivity contribution in [2.45, 2.75) is 58.2 Å². The molecule has 0 radical (unpaired) electrons. The first kappa shape index (κ1) is 18.0. The Hall–Kier alpha value is -2.30. The Morgan fingerprint density at radius 3 is 2.04 bits per heavy atom. The van der Waals surface area contributed by atoms with Crippen LogP contribution < -0.4 is 0 Å². The van der Waals surface area contributed by atoms with Crippen molar-refractivity contribution in [1.29, 1.82) is 0 Å². The summed E-state index contributed by atoms with van der Waals surface area (Å²) in [5, 5.41) is 10.2. The van der Waals surface area contributed by atoms with Gasteiger partial charge in [-0.15, -0.1) is 0 Å². The number of benzene rings is 1. The van der Waals surface area contributed by atoms with Gasteiger partial charge in [0.25, 0.3) is 5.79 Å². The van der Waals surface area contributed by atoms with Crippen LogP contribution in [-0.2, 0) is 25.5 Å². The van der Waals surface area contributed by atoms with Gasteiger partial charge in [0.2, 0.25) is 0 Å². The minimum absolute atomic E-state index is 0.179. The van der Waals surface area contributed by atoms with Crippen LogP contribution in [0.3, 0.4) is 0 Å². The fraction of sp³-hybridized carbons (Fsp3) is 0.474. The van der Waals surface area contributed by atoms with Gasteiger partial charge in [0.15, 0.2) is 5.57 Å². The first-order valence-electron chi connectivity index (χ1n) is 8.44. The number of aliphatic hydroxyl groups is 1. The molecule has 5 nitrogen and oxygen atoms in total. The third-order valence-corrected chi connectivity index (χ3v) is 4.01. The Kier molecular flexibility index (Phi) is 6.01. The Bertz CT molecular complexity index is 590. The van der Waals surface area contributed by atoms with E-state index < -0.39 is 17.7 Å². The lowest BCUT2D eigenvalue weighted by molar-refractivity contribution is -0.240. The average molecular weight is 332 g/mol. The summed E-state index contributed by atoms with van der Waals surface area (Å²) in [6, 6.07) is 9.53. The number of hydrogen-bond donors (Lipinski definition) is 1. The van der Waals surface area contributed by atoms with Gasteiger partial charge in [-0.2, -0.15) is 0 Å². The first-order valence-corrected chi connectivity index (χ1v) is 8.44. The summed E-state index contributed by atoms with van der Waals surface area (Å²) < 4.78 is 10.8. The summed E-state index contributed by atoms with van der Waals surface area (Å²) >= 11 is 0. The topological polar surface area (TPSA) is 72.8 Å². The lowest BCUT2D eigenvalue weighted by atomic mass is 10.0. The maximum atomic E-state index is 12.3. The highest BCUT2D eigenvalue weighted by molar-refractivity contribution is 6.15. The number of carbonyl (C=O) groups is 2. The van der Waals surface area contributed by atoms with E-state index >= 15 is 0 Å². The van der Waals surface area contributed by atoms with E-state index in [2.05, 4.69) is 0 Å². The molecule has 5 heteroatoms. The molecule has 1 aliphatic rings. The highest BCUT2D eigenvalue weighted by atomic mass is 16.7. The predicted octanol–water partition coefficient (Wildman–Crippen LogP) is 3.83. The van der Waals surface area contributed by atoms with E-state index in [4.69, 9.17) is 9.47 Å². The summed E-state index contributed by atoms with van der Waals surface area (Å²) in [6.45, 7) is 3.86. The third-order valence-electron chi connectivity index (χ3n) is 4.01. The molecule has 130 valence electrons. The molecule has 1 saturated heterocycles. The second-order valence-corrected chi connectivity index (χ2v) is 6.00. The molecule has 0 aliphatic carbocycles. The zero-order valence-electron chi connectivity index (χ0n) is 14.2. The van der Waals surface area contributed by atoms with Gasteiger partial charge in [0.05, 0.1) is 0 Å². The number of aliphatic hydroxyl groups excluding tert-OH is 1. The normalized spacial score (nSPS) is 16.5. The van der Waals surface area contributed by atoms with E-state index in [1.54, 1.807) is 0 Å². The van der Waals surface area contributed by atoms with Gasteiger partial charge in [0, 0.05) is 19.3 Å². The van der Waals surface area contributed by atoms with Crippen molar-refractivity contribution in [2.24, 2.45) is 0 Å². The molecule has 1 aliphatic heterocycles. The number of ether oxygens (including phenoxy) is 2. The lowest BCUT2D eigenvalue weighted by Crippen LogP contribution is -2.46. The van der Waals surface area contributed by atoms with Crippen molar-refractivity contribution in [2.75, 3.05) is 0 Å². The smallest absolute Gasteiger partial charge is 0.352 e. The van der Waals surface area contributed by atoms with Crippen LogP contribution >= 0.6 is 0 Å². The SMILES string of the molecule is CCCC1(CCC)OC(=O)C(=C(O)CCc2ccccc2)C(=O)O1. The fourth-order valence-corrected chi connectivity index (χ4v) is 2.90. The minimum Gasteiger partial charge on any atom is -0.511 e. The second kappa shape index (κ2) is 7.99. The van der Waals surface area contributed by atoms with Crippen LogP contribution in [0.1, 0.15) is 51.5 Å². The number of aryl methyl sites for hydroxylation is 1. The summed E-state index contributed by atoms with van der Waals surface area (Å²) in [4.78, 5) is 24.6. The number of rotatable bonds is 7. The van der Waals surface area contributed by atoms with Gasteiger partial charge in [-0.05, 0) is 24.8 Å². The molecular formula is C19H24O5. The second-order valence-electron chi connectivity index (χ2n) is 6.00. The van der Waals surface area contributed by atoms with E-state index in [0.717, 1.165) is 18.4 Å². The van der Waals surface area contributed by atoms with Gasteiger partial charge >= 0.3 is 11.9 Å². The molecule has 0 unspecified atom stereocenters. The number of hydrogen-bond acceptors (Lipinski definition) is 5. The van der Waals surface area contributed by atoms with Gasteiger partial charge < -0.3 is 14.6 Å². The standard InChI is InChI=1S/C19H24O5/c1-3-12-19(13-4-2)23-17(21)16(18(22)24-19)15(20)11-10-14-8-6-5-7-9-14/h5-9,20H,3-4,10-13H2,1-2H3. The highest BCUT2D eigenvalue weighted by Gasteiger charge is 2.46. The Morgan fingerprint density at radius 1 is 1.00 bits per heavy atom. The first-order chi connectivity index (χ1) is 11.5. The number of cyclic esters (lactones) is 2. The number of esters is 2. The molecule has 24 heavy (non-hydrogen) atoms. The van der Waals surface area contributed by atoms with Crippen molar-refractivity contribution in [3.8, 4) is 0 Å². The van der Waals surface area contributed by atoms with E-state index in [1.807, 2.05) is 44.2 Å². The van der Waals surface area contributed by atoms with Crippen molar-refractivity contribution in [3.63, 3.8) is 0 Å². The van der Waals surface area contributed by atoms with Gasteiger partial charge in [-0.1, -0.05) is 44.2 Å². The quantitative estimate of drug-likeness (QED) is 0.355. The Labute approximate surface area is 142 Å². The van der Waals surface area contributed by atoms with Crippen molar-refractivity contribution >= 4 is 11.9 Å². The Balaban J connectivity index is 2.13. The lowest BCUT2D eigenvalue weighted by Gasteiger charge is -2.36. The van der Waals surface area contributed by atoms with Crippen LogP contribution in [0, 0.1) is 0 Å². The number of carbonyl (C=O) groups excluding carboxylic acids is 2. The van der Waals surface area contributed by atoms with E-state index in [-0.39, 0.29) is 17.8 Å². The van der Waals surface area contributed by atoms with Crippen LogP contribution in [0.4, 0.5) is 0 Å². The Morgan fingerprint density at radius 2 is 1.54 bits per heavy atom. The van der Waals surface area contributed by atoms with Gasteiger partial charge in [-0.3, -0.25) is 0 Å². The van der Waals surface area contributed by atoms with Crippen molar-refractivity contribution in [1.82, 2.24) is 0 Å². The molecular weight excluding hydrogens is 308 g/mol. The maximum absolute atomic E-state index is 12.3. The highest BCUT2D eigenvalue weighted by Crippen LogP contribution is 2.33. The molecule has 0 amide bonds. The zero-order valence-corrected chi connectivity index (χ0v) is 14.2. The molecule has 1 aromatic carbocycles. The van der Waals surface area contributed by atoms with Gasteiger partial charge in [0.1, 0.15) is 5.76 Å². The molecule has 0 atom stereocenters. The van der Waals surface area contributed by atoms with Crippen LogP contribution in [-0.4, -0.2) is 22.8 Å². The van der Waals surface area contributed by atoms with E-state index in [1.165, 1.54) is 0 Å². The summed E-state index contributed by atoms with van der Waals surface area (Å²) in [7, 11) is 0. The molecule has 0 aromatic heterocycles. The average Bonchev–Trinajstić information content (AvgIpc) is 2.53. The van der Waals surface area contributed by atoms with Crippen molar-refractivity contribution < 1.29 is 24.2 Å². The monoisotopic (exact) mass is 332 g/mol. The molecule has 0 bridgehead atoms. The molecule has 1 fully saturated rings.